The number of hydrogen-bond donors (Lipinski definition) is 1. The van der Waals surface area contributed by atoms with Crippen LogP contribution in [0.15, 0.2) is 17.5 Å². The largest absolute Gasteiger partial charge is 0.478 e. The van der Waals surface area contributed by atoms with Gasteiger partial charge in [0, 0.05) is 17.5 Å². The minimum Gasteiger partial charge on any atom is -0.478 e. The molecule has 0 aliphatic heterocycles. The van der Waals surface area contributed by atoms with Crippen molar-refractivity contribution in [3.8, 4) is 0 Å². The fraction of sp³-hybridized carbons (Fsp3) is 0.500. The summed E-state index contributed by atoms with van der Waals surface area (Å²) >= 11 is 1.68. The van der Waals surface area contributed by atoms with Crippen molar-refractivity contribution in [3.05, 3.63) is 28.0 Å². The van der Waals surface area contributed by atoms with Crippen LogP contribution in [0.2, 0.25) is 0 Å². The minimum atomic E-state index is -0.903. The summed E-state index contributed by atoms with van der Waals surface area (Å²) in [6.45, 7) is 4.27. The number of carboxylic acid groups (broad SMARTS) is 1. The molecule has 0 spiro atoms. The lowest BCUT2D eigenvalue weighted by Gasteiger charge is -2.14. The maximum Gasteiger partial charge on any atom is 0.328 e. The maximum atomic E-state index is 10.4. The molecule has 0 saturated heterocycles. The second-order valence-corrected chi connectivity index (χ2v) is 5.46. The number of nitrogens with zero attached hydrogens (tertiary/aromatic N) is 1. The second kappa shape index (κ2) is 8.06. The first-order valence-corrected chi connectivity index (χ1v) is 7.16. The minimum absolute atomic E-state index is 0.903. The topological polar surface area (TPSA) is 40.5 Å². The molecule has 0 amide bonds. The Morgan fingerprint density at radius 3 is 2.94 bits per heavy atom. The Morgan fingerprint density at radius 1 is 1.50 bits per heavy atom. The Kier molecular flexibility index (Phi) is 6.68. The average molecular weight is 267 g/mol. The predicted molar refractivity (Wildman–Crippen MR) is 76.8 cm³/mol. The van der Waals surface area contributed by atoms with E-state index in [9.17, 15) is 4.79 Å². The summed E-state index contributed by atoms with van der Waals surface area (Å²) in [5.74, 6) is -0.903. The molecule has 3 nitrogen and oxygen atoms in total. The molecule has 1 aromatic rings. The lowest BCUT2D eigenvalue weighted by Crippen LogP contribution is -2.18. The highest BCUT2D eigenvalue weighted by atomic mass is 32.1. The molecule has 0 radical (unpaired) electrons. The van der Waals surface area contributed by atoms with Crippen molar-refractivity contribution in [2.24, 2.45) is 0 Å². The summed E-state index contributed by atoms with van der Waals surface area (Å²) in [6, 6.07) is 2.06. The average Bonchev–Trinajstić information content (AvgIpc) is 2.74. The molecule has 1 N–H and O–H groups in total. The van der Waals surface area contributed by atoms with E-state index < -0.39 is 5.97 Å². The standard InChI is InChI=1S/C14H21NO2S/c1-3-4-5-8-15(2)10-13-9-12(11-18-13)6-7-14(16)17/h6-7,9,11H,3-5,8,10H2,1-2H3,(H,16,17). The molecular weight excluding hydrogens is 246 g/mol. The van der Waals surface area contributed by atoms with Crippen LogP contribution in [0.5, 0.6) is 0 Å². The van der Waals surface area contributed by atoms with Crippen LogP contribution in [0, 0.1) is 0 Å². The fourth-order valence-electron chi connectivity index (χ4n) is 1.71. The van der Waals surface area contributed by atoms with Crippen molar-refractivity contribution in [2.45, 2.75) is 32.7 Å². The molecule has 0 fully saturated rings. The quantitative estimate of drug-likeness (QED) is 0.579. The van der Waals surface area contributed by atoms with E-state index in [4.69, 9.17) is 5.11 Å². The van der Waals surface area contributed by atoms with Crippen molar-refractivity contribution in [1.82, 2.24) is 4.90 Å². The number of rotatable bonds is 8. The fourth-order valence-corrected chi connectivity index (χ4v) is 2.65. The van der Waals surface area contributed by atoms with Gasteiger partial charge < -0.3 is 10.0 Å². The summed E-state index contributed by atoms with van der Waals surface area (Å²) in [4.78, 5) is 14.0. The number of thiophene rings is 1. The van der Waals surface area contributed by atoms with E-state index in [1.807, 2.05) is 5.38 Å². The molecule has 1 heterocycles. The molecule has 0 bridgehead atoms. The summed E-state index contributed by atoms with van der Waals surface area (Å²) in [5.41, 5.74) is 0.972. The van der Waals surface area contributed by atoms with Gasteiger partial charge in [-0.05, 0) is 43.1 Å². The molecule has 1 rings (SSSR count). The van der Waals surface area contributed by atoms with Crippen molar-refractivity contribution in [3.63, 3.8) is 0 Å². The zero-order valence-corrected chi connectivity index (χ0v) is 11.9. The van der Waals surface area contributed by atoms with Gasteiger partial charge in [0.15, 0.2) is 0 Å². The maximum absolute atomic E-state index is 10.4. The molecule has 18 heavy (non-hydrogen) atoms. The number of carboxylic acids is 1. The van der Waals surface area contributed by atoms with E-state index >= 15 is 0 Å². The first kappa shape index (κ1) is 14.9. The van der Waals surface area contributed by atoms with Gasteiger partial charge in [0.25, 0.3) is 0 Å². The molecule has 0 aliphatic rings. The third kappa shape index (κ3) is 5.98. The Labute approximate surface area is 113 Å². The lowest BCUT2D eigenvalue weighted by molar-refractivity contribution is -0.131. The molecule has 0 saturated carbocycles. The summed E-state index contributed by atoms with van der Waals surface area (Å²) in [6.07, 6.45) is 6.58. The first-order valence-electron chi connectivity index (χ1n) is 6.28. The Balaban J connectivity index is 2.41. The third-order valence-corrected chi connectivity index (χ3v) is 3.60. The van der Waals surface area contributed by atoms with Gasteiger partial charge in [-0.3, -0.25) is 0 Å². The van der Waals surface area contributed by atoms with Gasteiger partial charge in [-0.1, -0.05) is 19.8 Å². The van der Waals surface area contributed by atoms with Crippen LogP contribution in [-0.4, -0.2) is 29.6 Å². The van der Waals surface area contributed by atoms with E-state index in [1.54, 1.807) is 17.4 Å². The van der Waals surface area contributed by atoms with Gasteiger partial charge in [0.2, 0.25) is 0 Å². The van der Waals surface area contributed by atoms with Crippen LogP contribution in [0.25, 0.3) is 6.08 Å². The second-order valence-electron chi connectivity index (χ2n) is 4.46. The number of aliphatic carboxylic acids is 1. The van der Waals surface area contributed by atoms with Crippen molar-refractivity contribution >= 4 is 23.4 Å². The van der Waals surface area contributed by atoms with E-state index in [2.05, 4.69) is 24.9 Å². The van der Waals surface area contributed by atoms with Gasteiger partial charge in [0.1, 0.15) is 0 Å². The summed E-state index contributed by atoms with van der Waals surface area (Å²) < 4.78 is 0. The molecule has 0 aliphatic carbocycles. The van der Waals surface area contributed by atoms with Crippen LogP contribution < -0.4 is 0 Å². The van der Waals surface area contributed by atoms with Crippen molar-refractivity contribution < 1.29 is 9.90 Å². The Morgan fingerprint density at radius 2 is 2.28 bits per heavy atom. The number of unbranched alkanes of at least 4 members (excludes halogenated alkanes) is 2. The van der Waals surface area contributed by atoms with E-state index in [0.29, 0.717) is 0 Å². The Hall–Kier alpha value is -1.13. The number of hydrogen-bond acceptors (Lipinski definition) is 3. The molecular formula is C14H21NO2S. The van der Waals surface area contributed by atoms with Gasteiger partial charge in [-0.2, -0.15) is 0 Å². The highest BCUT2D eigenvalue weighted by Gasteiger charge is 2.02. The van der Waals surface area contributed by atoms with Crippen LogP contribution in [-0.2, 0) is 11.3 Å². The SMILES string of the molecule is CCCCCN(C)Cc1cc(C=CC(=O)O)cs1. The first-order chi connectivity index (χ1) is 8.61. The predicted octanol–water partition coefficient (Wildman–Crippen LogP) is 3.47. The molecule has 0 unspecified atom stereocenters. The summed E-state index contributed by atoms with van der Waals surface area (Å²) in [5, 5.41) is 10.6. The molecule has 4 heteroatoms. The zero-order valence-electron chi connectivity index (χ0n) is 11.1. The van der Waals surface area contributed by atoms with Crippen LogP contribution in [0.4, 0.5) is 0 Å². The van der Waals surface area contributed by atoms with Gasteiger partial charge in [-0.15, -0.1) is 11.3 Å². The molecule has 1 aromatic heterocycles. The van der Waals surface area contributed by atoms with E-state index in [1.165, 1.54) is 30.2 Å². The molecule has 0 aromatic carbocycles. The van der Waals surface area contributed by atoms with Crippen LogP contribution in [0.3, 0.4) is 0 Å². The van der Waals surface area contributed by atoms with Crippen molar-refractivity contribution in [1.29, 1.82) is 0 Å². The lowest BCUT2D eigenvalue weighted by atomic mass is 10.2. The Bertz CT molecular complexity index is 398. The zero-order chi connectivity index (χ0) is 13.4. The van der Waals surface area contributed by atoms with Gasteiger partial charge in [-0.25, -0.2) is 4.79 Å². The van der Waals surface area contributed by atoms with Gasteiger partial charge >= 0.3 is 5.97 Å². The van der Waals surface area contributed by atoms with E-state index in [0.717, 1.165) is 18.7 Å². The third-order valence-electron chi connectivity index (χ3n) is 2.66. The normalized spacial score (nSPS) is 11.5. The summed E-state index contributed by atoms with van der Waals surface area (Å²) in [7, 11) is 2.13. The smallest absolute Gasteiger partial charge is 0.328 e. The molecule has 100 valence electrons. The van der Waals surface area contributed by atoms with Crippen molar-refractivity contribution in [2.75, 3.05) is 13.6 Å². The van der Waals surface area contributed by atoms with E-state index in [-0.39, 0.29) is 0 Å². The van der Waals surface area contributed by atoms with Crippen LogP contribution >= 0.6 is 11.3 Å². The monoisotopic (exact) mass is 267 g/mol. The highest BCUT2D eigenvalue weighted by molar-refractivity contribution is 7.10. The highest BCUT2D eigenvalue weighted by Crippen LogP contribution is 2.17. The number of carbonyl (C=O) groups is 1. The van der Waals surface area contributed by atoms with Gasteiger partial charge in [0.05, 0.1) is 0 Å². The van der Waals surface area contributed by atoms with Crippen LogP contribution in [0.1, 0.15) is 36.6 Å². The molecule has 0 atom stereocenters.